The molecule has 4 aromatic heterocycles. The van der Waals surface area contributed by atoms with Crippen molar-refractivity contribution in [1.29, 1.82) is 0 Å². The van der Waals surface area contributed by atoms with Crippen molar-refractivity contribution in [3.05, 3.63) is 131 Å². The molecule has 5 nitrogen and oxygen atoms in total. The van der Waals surface area contributed by atoms with Crippen molar-refractivity contribution in [2.24, 2.45) is 7.05 Å². The first-order valence-corrected chi connectivity index (χ1v) is 12.4. The van der Waals surface area contributed by atoms with E-state index in [0.29, 0.717) is 11.3 Å². The first-order chi connectivity index (χ1) is 18.0. The summed E-state index contributed by atoms with van der Waals surface area (Å²) in [6.45, 7) is 4.22. The predicted octanol–water partition coefficient (Wildman–Crippen LogP) is 6.57. The maximum Gasteiger partial charge on any atom is 0.341 e. The zero-order chi connectivity index (χ0) is 25.3. The minimum absolute atomic E-state index is 0.359. The van der Waals surface area contributed by atoms with Crippen LogP contribution in [0.2, 0.25) is 0 Å². The second kappa shape index (κ2) is 7.68. The van der Waals surface area contributed by atoms with Gasteiger partial charge in [0.05, 0.1) is 11.1 Å². The fraction of sp³-hybridized carbons (Fsp3) is 0.125. The van der Waals surface area contributed by atoms with Gasteiger partial charge >= 0.3 is 5.97 Å². The Balaban J connectivity index is 1.75. The van der Waals surface area contributed by atoms with E-state index in [1.807, 2.05) is 48.5 Å². The number of hydrogen-bond donors (Lipinski definition) is 0. The van der Waals surface area contributed by atoms with Crippen LogP contribution in [0.3, 0.4) is 0 Å². The number of rotatable bonds is 3. The highest BCUT2D eigenvalue weighted by molar-refractivity contribution is 6.00. The quantitative estimate of drug-likeness (QED) is 0.268. The summed E-state index contributed by atoms with van der Waals surface area (Å²) in [4.78, 5) is 18.5. The van der Waals surface area contributed by atoms with Crippen molar-refractivity contribution in [3.63, 3.8) is 0 Å². The summed E-state index contributed by atoms with van der Waals surface area (Å²) >= 11 is 0. The molecule has 0 aliphatic carbocycles. The summed E-state index contributed by atoms with van der Waals surface area (Å²) < 4.78 is 11.0. The van der Waals surface area contributed by atoms with E-state index < -0.39 is 5.60 Å². The van der Waals surface area contributed by atoms with Crippen molar-refractivity contribution >= 4 is 22.4 Å². The van der Waals surface area contributed by atoms with Crippen molar-refractivity contribution in [1.82, 2.24) is 14.0 Å². The van der Waals surface area contributed by atoms with Crippen LogP contribution < -0.4 is 0 Å². The van der Waals surface area contributed by atoms with Gasteiger partial charge < -0.3 is 13.7 Å². The third kappa shape index (κ3) is 2.74. The zero-order valence-electron chi connectivity index (χ0n) is 20.9. The molecule has 0 spiro atoms. The molecule has 0 fully saturated rings. The van der Waals surface area contributed by atoms with Crippen molar-refractivity contribution in [2.75, 3.05) is 0 Å². The van der Waals surface area contributed by atoms with Gasteiger partial charge in [-0.25, -0.2) is 4.79 Å². The van der Waals surface area contributed by atoms with Crippen LogP contribution in [-0.2, 0) is 17.4 Å². The summed E-state index contributed by atoms with van der Waals surface area (Å²) in [5.74, 6) is -0.359. The number of ether oxygens (including phenoxy) is 1. The molecule has 5 heterocycles. The molecule has 7 rings (SSSR count). The van der Waals surface area contributed by atoms with E-state index >= 15 is 0 Å². The van der Waals surface area contributed by atoms with Crippen LogP contribution in [0.5, 0.6) is 0 Å². The molecule has 6 aromatic rings. The van der Waals surface area contributed by atoms with E-state index in [-0.39, 0.29) is 5.97 Å². The first-order valence-electron chi connectivity index (χ1n) is 12.4. The molecule has 1 aliphatic rings. The summed E-state index contributed by atoms with van der Waals surface area (Å²) in [5, 5.41) is 1.04. The van der Waals surface area contributed by atoms with Crippen molar-refractivity contribution < 1.29 is 9.53 Å². The molecule has 180 valence electrons. The van der Waals surface area contributed by atoms with E-state index in [9.17, 15) is 4.79 Å². The molecule has 0 saturated heterocycles. The highest BCUT2D eigenvalue weighted by Gasteiger charge is 2.55. The molecule has 0 radical (unpaired) electrons. The third-order valence-electron chi connectivity index (χ3n) is 7.86. The average Bonchev–Trinajstić information content (AvgIpc) is 3.50. The number of nitrogens with zero attached hydrogens (tertiary/aromatic N) is 3. The lowest BCUT2D eigenvalue weighted by atomic mass is 9.78. The standard InChI is InChI=1S/C32H25N3O2/c1-20-27(22-12-5-4-6-13-22)29(26-17-9-10-19-35(20)26)32(30-24(31(36)37-32)15-11-18-33-30)28-21(2)34(3)25-16-8-7-14-23(25)28/h4-19H,1-3H3. The fourth-order valence-electron chi connectivity index (χ4n) is 6.21. The van der Waals surface area contributed by atoms with Gasteiger partial charge in [-0.05, 0) is 49.7 Å². The number of para-hydroxylation sites is 1. The van der Waals surface area contributed by atoms with Gasteiger partial charge in [0.15, 0.2) is 0 Å². The Kier molecular flexibility index (Phi) is 4.49. The molecule has 1 atom stereocenters. The van der Waals surface area contributed by atoms with Crippen molar-refractivity contribution in [2.45, 2.75) is 19.4 Å². The van der Waals surface area contributed by atoms with Gasteiger partial charge in [0.1, 0.15) is 5.69 Å². The zero-order valence-corrected chi connectivity index (χ0v) is 20.9. The molecule has 0 N–H and O–H groups in total. The normalized spacial score (nSPS) is 16.9. The van der Waals surface area contributed by atoms with E-state index in [1.165, 1.54) is 0 Å². The van der Waals surface area contributed by atoms with Crippen molar-refractivity contribution in [3.8, 4) is 11.1 Å². The molecule has 0 saturated carbocycles. The van der Waals surface area contributed by atoms with Crippen LogP contribution in [0.15, 0.2) is 97.3 Å². The fourth-order valence-corrected chi connectivity index (χ4v) is 6.21. The number of aromatic nitrogens is 3. The lowest BCUT2D eigenvalue weighted by Crippen LogP contribution is -2.32. The first kappa shape index (κ1) is 21.6. The van der Waals surface area contributed by atoms with Crippen LogP contribution in [0.4, 0.5) is 0 Å². The van der Waals surface area contributed by atoms with E-state index in [1.54, 1.807) is 12.3 Å². The van der Waals surface area contributed by atoms with E-state index in [4.69, 9.17) is 9.72 Å². The van der Waals surface area contributed by atoms with Crippen LogP contribution in [0.1, 0.15) is 38.6 Å². The van der Waals surface area contributed by atoms with Gasteiger partial charge in [0, 0.05) is 58.4 Å². The molecule has 0 amide bonds. The summed E-state index contributed by atoms with van der Waals surface area (Å²) in [6.07, 6.45) is 3.82. The molecule has 1 unspecified atom stereocenters. The molecular formula is C32H25N3O2. The van der Waals surface area contributed by atoms with E-state index in [0.717, 1.165) is 50.1 Å². The number of aryl methyl sites for hydroxylation is 2. The maximum absolute atomic E-state index is 13.6. The number of carbonyl (C=O) groups is 1. The number of pyridine rings is 2. The number of carbonyl (C=O) groups excluding carboxylic acids is 1. The second-order valence-electron chi connectivity index (χ2n) is 9.66. The Morgan fingerprint density at radius 3 is 2.35 bits per heavy atom. The van der Waals surface area contributed by atoms with E-state index in [2.05, 4.69) is 66.4 Å². The number of cyclic esters (lactones) is 1. The van der Waals surface area contributed by atoms with Gasteiger partial charge in [0.2, 0.25) is 5.60 Å². The molecule has 37 heavy (non-hydrogen) atoms. The molecular weight excluding hydrogens is 458 g/mol. The molecule has 5 heteroatoms. The summed E-state index contributed by atoms with van der Waals surface area (Å²) in [5.41, 5.74) is 8.07. The van der Waals surface area contributed by atoms with Crippen LogP contribution >= 0.6 is 0 Å². The van der Waals surface area contributed by atoms with Gasteiger partial charge in [-0.3, -0.25) is 4.98 Å². The second-order valence-corrected chi connectivity index (χ2v) is 9.66. The van der Waals surface area contributed by atoms with Crippen LogP contribution in [-0.4, -0.2) is 19.9 Å². The number of benzene rings is 2. The Hall–Kier alpha value is -4.64. The van der Waals surface area contributed by atoms with Gasteiger partial charge in [-0.1, -0.05) is 54.6 Å². The van der Waals surface area contributed by atoms with Gasteiger partial charge in [-0.15, -0.1) is 0 Å². The monoisotopic (exact) mass is 483 g/mol. The largest absolute Gasteiger partial charge is 0.439 e. The third-order valence-corrected chi connectivity index (χ3v) is 7.86. The topological polar surface area (TPSA) is 48.5 Å². The lowest BCUT2D eigenvalue weighted by Gasteiger charge is -2.31. The van der Waals surface area contributed by atoms with Crippen LogP contribution in [0.25, 0.3) is 27.5 Å². The number of fused-ring (bicyclic) bond motifs is 3. The average molecular weight is 484 g/mol. The van der Waals surface area contributed by atoms with Gasteiger partial charge in [-0.2, -0.15) is 0 Å². The molecule has 0 bridgehead atoms. The maximum atomic E-state index is 13.6. The molecule has 2 aromatic carbocycles. The smallest absolute Gasteiger partial charge is 0.341 e. The summed E-state index contributed by atoms with van der Waals surface area (Å²) in [7, 11) is 2.06. The summed E-state index contributed by atoms with van der Waals surface area (Å²) in [6, 6.07) is 28.4. The number of hydrogen-bond acceptors (Lipinski definition) is 3. The predicted molar refractivity (Wildman–Crippen MR) is 145 cm³/mol. The SMILES string of the molecule is Cc1c(C2(c3c(-c4ccccc4)c(C)n4ccccc34)OC(=O)c3cccnc32)c2ccccc2n1C. The molecule has 1 aliphatic heterocycles. The Bertz CT molecular complexity index is 1860. The van der Waals surface area contributed by atoms with Crippen LogP contribution in [0, 0.1) is 13.8 Å². The highest BCUT2D eigenvalue weighted by Crippen LogP contribution is 2.54. The van der Waals surface area contributed by atoms with Gasteiger partial charge in [0.25, 0.3) is 0 Å². The Labute approximate surface area is 214 Å². The Morgan fingerprint density at radius 2 is 1.51 bits per heavy atom. The Morgan fingerprint density at radius 1 is 0.784 bits per heavy atom. The minimum atomic E-state index is -1.23. The highest BCUT2D eigenvalue weighted by atomic mass is 16.6. The lowest BCUT2D eigenvalue weighted by molar-refractivity contribution is 0.0251. The number of esters is 1. The minimum Gasteiger partial charge on any atom is -0.439 e.